The van der Waals surface area contributed by atoms with Crippen LogP contribution < -0.4 is 0 Å². The van der Waals surface area contributed by atoms with Crippen molar-refractivity contribution in [2.45, 2.75) is 20.3 Å². The standard InChI is InChI=1S/C19H15NO/c1-3-15-18-17(12-6-4-5-7-13(12)19(18)21)14-10-11(2)8-9-16(14)20-15/h4-10H,3H2,1-2H3. The maximum Gasteiger partial charge on any atom is 0.196 e. The largest absolute Gasteiger partial charge is 0.288 e. The lowest BCUT2D eigenvalue weighted by Crippen LogP contribution is -2.03. The van der Waals surface area contributed by atoms with Crippen molar-refractivity contribution in [2.24, 2.45) is 0 Å². The first-order valence-electron chi connectivity index (χ1n) is 7.28. The first-order valence-corrected chi connectivity index (χ1v) is 7.28. The first kappa shape index (κ1) is 12.3. The molecule has 0 amide bonds. The zero-order valence-corrected chi connectivity index (χ0v) is 12.1. The van der Waals surface area contributed by atoms with Gasteiger partial charge in [-0.1, -0.05) is 42.8 Å². The average molecular weight is 273 g/mol. The summed E-state index contributed by atoms with van der Waals surface area (Å²) in [5.41, 5.74) is 6.79. The van der Waals surface area contributed by atoms with Gasteiger partial charge in [-0.05, 0) is 31.0 Å². The maximum absolute atomic E-state index is 12.8. The molecule has 102 valence electrons. The van der Waals surface area contributed by atoms with Gasteiger partial charge in [-0.15, -0.1) is 0 Å². The number of aryl methyl sites for hydroxylation is 2. The van der Waals surface area contributed by atoms with E-state index in [9.17, 15) is 4.79 Å². The van der Waals surface area contributed by atoms with Gasteiger partial charge in [0.2, 0.25) is 0 Å². The van der Waals surface area contributed by atoms with Crippen molar-refractivity contribution in [1.82, 2.24) is 4.98 Å². The zero-order valence-electron chi connectivity index (χ0n) is 12.1. The summed E-state index contributed by atoms with van der Waals surface area (Å²) in [5.74, 6) is 0.119. The van der Waals surface area contributed by atoms with E-state index >= 15 is 0 Å². The van der Waals surface area contributed by atoms with E-state index in [0.29, 0.717) is 0 Å². The van der Waals surface area contributed by atoms with E-state index in [1.165, 1.54) is 5.56 Å². The van der Waals surface area contributed by atoms with E-state index in [2.05, 4.69) is 32.0 Å². The van der Waals surface area contributed by atoms with Crippen molar-refractivity contribution in [3.05, 3.63) is 64.8 Å². The number of nitrogens with zero attached hydrogens (tertiary/aromatic N) is 1. The molecular weight excluding hydrogens is 258 g/mol. The lowest BCUT2D eigenvalue weighted by atomic mass is 9.97. The minimum atomic E-state index is 0.119. The number of rotatable bonds is 1. The van der Waals surface area contributed by atoms with Gasteiger partial charge < -0.3 is 0 Å². The fraction of sp³-hybridized carbons (Fsp3) is 0.158. The molecule has 4 rings (SSSR count). The van der Waals surface area contributed by atoms with Crippen LogP contribution in [0.1, 0.15) is 34.1 Å². The number of benzene rings is 2. The third-order valence-corrected chi connectivity index (χ3v) is 4.22. The van der Waals surface area contributed by atoms with E-state index in [1.54, 1.807) is 0 Å². The first-order chi connectivity index (χ1) is 10.2. The molecule has 0 saturated carbocycles. The van der Waals surface area contributed by atoms with Crippen LogP contribution in [-0.2, 0) is 6.42 Å². The van der Waals surface area contributed by atoms with Gasteiger partial charge in [-0.25, -0.2) is 0 Å². The van der Waals surface area contributed by atoms with Crippen LogP contribution in [0.4, 0.5) is 0 Å². The van der Waals surface area contributed by atoms with Gasteiger partial charge in [0, 0.05) is 16.5 Å². The molecule has 1 heterocycles. The fourth-order valence-electron chi connectivity index (χ4n) is 3.24. The predicted octanol–water partition coefficient (Wildman–Crippen LogP) is 4.32. The van der Waals surface area contributed by atoms with Crippen molar-refractivity contribution in [1.29, 1.82) is 0 Å². The Morgan fingerprint density at radius 2 is 1.76 bits per heavy atom. The van der Waals surface area contributed by atoms with Crippen LogP contribution >= 0.6 is 0 Å². The topological polar surface area (TPSA) is 30.0 Å². The van der Waals surface area contributed by atoms with Crippen LogP contribution in [0.2, 0.25) is 0 Å². The van der Waals surface area contributed by atoms with Gasteiger partial charge in [0.05, 0.1) is 16.8 Å². The van der Waals surface area contributed by atoms with Crippen LogP contribution in [0.3, 0.4) is 0 Å². The predicted molar refractivity (Wildman–Crippen MR) is 84.7 cm³/mol. The Kier molecular flexibility index (Phi) is 2.49. The molecule has 0 bridgehead atoms. The second-order valence-electron chi connectivity index (χ2n) is 5.56. The molecule has 0 aliphatic heterocycles. The van der Waals surface area contributed by atoms with Crippen LogP contribution in [0, 0.1) is 6.92 Å². The molecule has 0 atom stereocenters. The normalized spacial score (nSPS) is 12.6. The number of pyridine rings is 1. The van der Waals surface area contributed by atoms with Gasteiger partial charge in [0.25, 0.3) is 0 Å². The average Bonchev–Trinajstić information content (AvgIpc) is 2.81. The number of hydrogen-bond donors (Lipinski definition) is 0. The molecule has 0 N–H and O–H groups in total. The highest BCUT2D eigenvalue weighted by molar-refractivity contribution is 6.26. The second-order valence-corrected chi connectivity index (χ2v) is 5.56. The summed E-state index contributed by atoms with van der Waals surface area (Å²) in [7, 11) is 0. The van der Waals surface area contributed by atoms with Crippen molar-refractivity contribution in [2.75, 3.05) is 0 Å². The summed E-state index contributed by atoms with van der Waals surface area (Å²) in [4.78, 5) is 17.5. The highest BCUT2D eigenvalue weighted by atomic mass is 16.1. The molecule has 2 heteroatoms. The molecule has 0 spiro atoms. The Hall–Kier alpha value is -2.48. The third kappa shape index (κ3) is 1.59. The molecule has 0 saturated heterocycles. The van der Waals surface area contributed by atoms with E-state index in [-0.39, 0.29) is 5.78 Å². The molecule has 2 aromatic carbocycles. The summed E-state index contributed by atoms with van der Waals surface area (Å²) >= 11 is 0. The Balaban J connectivity index is 2.23. The summed E-state index contributed by atoms with van der Waals surface area (Å²) in [6.45, 7) is 4.13. The number of hydrogen-bond acceptors (Lipinski definition) is 2. The maximum atomic E-state index is 12.8. The quantitative estimate of drug-likeness (QED) is 0.517. The van der Waals surface area contributed by atoms with Gasteiger partial charge in [-0.2, -0.15) is 0 Å². The lowest BCUT2D eigenvalue weighted by molar-refractivity contribution is 0.104. The number of ketones is 1. The molecule has 21 heavy (non-hydrogen) atoms. The molecular formula is C19H15NO. The summed E-state index contributed by atoms with van der Waals surface area (Å²) in [6.07, 6.45) is 0.770. The molecule has 1 aromatic heterocycles. The van der Waals surface area contributed by atoms with E-state index in [1.807, 2.05) is 24.3 Å². The zero-order chi connectivity index (χ0) is 14.6. The highest BCUT2D eigenvalue weighted by Crippen LogP contribution is 2.42. The van der Waals surface area contributed by atoms with Crippen LogP contribution in [-0.4, -0.2) is 10.8 Å². The lowest BCUT2D eigenvalue weighted by Gasteiger charge is -2.10. The van der Waals surface area contributed by atoms with Crippen molar-refractivity contribution >= 4 is 16.7 Å². The van der Waals surface area contributed by atoms with Crippen molar-refractivity contribution < 1.29 is 4.79 Å². The Morgan fingerprint density at radius 1 is 1.00 bits per heavy atom. The van der Waals surface area contributed by atoms with Gasteiger partial charge in [0.1, 0.15) is 0 Å². The molecule has 1 aliphatic carbocycles. The van der Waals surface area contributed by atoms with Gasteiger partial charge in [-0.3, -0.25) is 9.78 Å². The number of carbonyl (C=O) groups excluding carboxylic acids is 1. The molecule has 3 aromatic rings. The smallest absolute Gasteiger partial charge is 0.196 e. The second kappa shape index (κ2) is 4.26. The molecule has 2 nitrogen and oxygen atoms in total. The third-order valence-electron chi connectivity index (χ3n) is 4.22. The van der Waals surface area contributed by atoms with E-state index in [4.69, 9.17) is 4.98 Å². The Labute approximate surface area is 123 Å². The van der Waals surface area contributed by atoms with Crippen molar-refractivity contribution in [3.8, 4) is 11.1 Å². The summed E-state index contributed by atoms with van der Waals surface area (Å²) in [6, 6.07) is 14.1. The SMILES string of the molecule is CCc1nc2ccc(C)cc2c2c1C(=O)c1ccccc1-2. The van der Waals surface area contributed by atoms with Crippen LogP contribution in [0.15, 0.2) is 42.5 Å². The Morgan fingerprint density at radius 3 is 2.52 bits per heavy atom. The number of fused-ring (bicyclic) bond motifs is 5. The minimum absolute atomic E-state index is 0.119. The molecule has 1 aliphatic rings. The van der Waals surface area contributed by atoms with Gasteiger partial charge in [0.15, 0.2) is 5.78 Å². The van der Waals surface area contributed by atoms with E-state index in [0.717, 1.165) is 45.3 Å². The highest BCUT2D eigenvalue weighted by Gasteiger charge is 2.31. The summed E-state index contributed by atoms with van der Waals surface area (Å²) < 4.78 is 0. The van der Waals surface area contributed by atoms with Crippen molar-refractivity contribution in [3.63, 3.8) is 0 Å². The molecule has 0 fully saturated rings. The van der Waals surface area contributed by atoms with E-state index < -0.39 is 0 Å². The molecule has 0 unspecified atom stereocenters. The monoisotopic (exact) mass is 273 g/mol. The Bertz CT molecular complexity index is 909. The van der Waals surface area contributed by atoms with Gasteiger partial charge >= 0.3 is 0 Å². The molecule has 0 radical (unpaired) electrons. The minimum Gasteiger partial charge on any atom is -0.288 e. The summed E-state index contributed by atoms with van der Waals surface area (Å²) in [5, 5.41) is 1.08. The number of aromatic nitrogens is 1. The van der Waals surface area contributed by atoms with Crippen LogP contribution in [0.5, 0.6) is 0 Å². The van der Waals surface area contributed by atoms with Crippen LogP contribution in [0.25, 0.3) is 22.0 Å². The number of carbonyl (C=O) groups is 1. The fourth-order valence-corrected chi connectivity index (χ4v) is 3.24.